The van der Waals surface area contributed by atoms with E-state index in [1.54, 1.807) is 19.2 Å². The summed E-state index contributed by atoms with van der Waals surface area (Å²) in [5.41, 5.74) is 11.1. The van der Waals surface area contributed by atoms with Crippen LogP contribution in [0, 0.1) is 0 Å². The molecule has 0 bridgehead atoms. The van der Waals surface area contributed by atoms with Gasteiger partial charge in [0.1, 0.15) is 12.9 Å². The van der Waals surface area contributed by atoms with Crippen molar-refractivity contribution in [3.8, 4) is 0 Å². The fourth-order valence-corrected chi connectivity index (χ4v) is 6.17. The average molecular weight is 824 g/mol. The van der Waals surface area contributed by atoms with Crippen molar-refractivity contribution >= 4 is 63.6 Å². The number of nitrogens with zero attached hydrogens (tertiary/aromatic N) is 3. The van der Waals surface area contributed by atoms with E-state index >= 15 is 0 Å². The molecule has 258 valence electrons. The minimum Gasteiger partial charge on any atom is -1.00 e. The number of carbonyl (C=O) groups excluding carboxylic acids is 2. The van der Waals surface area contributed by atoms with E-state index in [0.29, 0.717) is 41.0 Å². The van der Waals surface area contributed by atoms with Crippen molar-refractivity contribution in [1.82, 2.24) is 16.2 Å². The van der Waals surface area contributed by atoms with E-state index in [-0.39, 0.29) is 29.9 Å². The Bertz CT molecular complexity index is 2050. The number of benzene rings is 4. The van der Waals surface area contributed by atoms with E-state index in [1.165, 1.54) is 0 Å². The Balaban J connectivity index is 0.00000486. The van der Waals surface area contributed by atoms with Crippen LogP contribution in [0.1, 0.15) is 40.7 Å². The summed E-state index contributed by atoms with van der Waals surface area (Å²) in [6, 6.07) is 28.8. The number of para-hydroxylation sites is 2. The third-order valence-corrected chi connectivity index (χ3v) is 9.24. The van der Waals surface area contributed by atoms with E-state index in [4.69, 9.17) is 27.6 Å². The van der Waals surface area contributed by atoms with Gasteiger partial charge >= 0.3 is 5.89 Å². The first kappa shape index (κ1) is 36.9. The number of allylic oxidation sites excluding steroid dienone is 2. The first-order valence-electron chi connectivity index (χ1n) is 16.0. The van der Waals surface area contributed by atoms with Gasteiger partial charge in [-0.25, -0.2) is 0 Å². The monoisotopic (exact) mass is 822 g/mol. The van der Waals surface area contributed by atoms with E-state index in [0.717, 1.165) is 39.4 Å². The fraction of sp³-hybridized carbons (Fsp3) is 0.184. The summed E-state index contributed by atoms with van der Waals surface area (Å²) in [7, 11) is 3.68. The number of amides is 2. The summed E-state index contributed by atoms with van der Waals surface area (Å²) in [4.78, 5) is 29.5. The number of rotatable bonds is 10. The van der Waals surface area contributed by atoms with Crippen LogP contribution in [0.5, 0.6) is 0 Å². The Kier molecular flexibility index (Phi) is 12.2. The van der Waals surface area contributed by atoms with Gasteiger partial charge in [-0.3, -0.25) is 20.4 Å². The van der Waals surface area contributed by atoms with Crippen LogP contribution in [0.25, 0.3) is 17.2 Å². The molecule has 6 rings (SSSR count). The van der Waals surface area contributed by atoms with E-state index < -0.39 is 11.9 Å². The highest BCUT2D eigenvalue weighted by Gasteiger charge is 2.32. The lowest BCUT2D eigenvalue weighted by Crippen LogP contribution is -3.00. The van der Waals surface area contributed by atoms with E-state index in [1.807, 2.05) is 97.4 Å². The first-order chi connectivity index (χ1) is 23.8. The molecule has 0 fully saturated rings. The summed E-state index contributed by atoms with van der Waals surface area (Å²) in [5.74, 6) is 0.912. The number of halogens is 3. The number of hydrogen-bond donors (Lipinski definition) is 3. The predicted octanol–water partition coefficient (Wildman–Crippen LogP) is 3.91. The van der Waals surface area contributed by atoms with Gasteiger partial charge in [-0.15, -0.1) is 0 Å². The van der Waals surface area contributed by atoms with Gasteiger partial charge in [0, 0.05) is 24.7 Å². The van der Waals surface area contributed by atoms with Crippen LogP contribution in [0.4, 0.5) is 11.4 Å². The highest BCUT2D eigenvalue weighted by Crippen LogP contribution is 2.47. The van der Waals surface area contributed by atoms with Gasteiger partial charge in [-0.05, 0) is 67.1 Å². The zero-order valence-corrected chi connectivity index (χ0v) is 31.5. The minimum absolute atomic E-state index is 0. The number of carbonyl (C=O) groups is 2. The van der Waals surface area contributed by atoms with Crippen molar-refractivity contribution < 1.29 is 42.5 Å². The summed E-state index contributed by atoms with van der Waals surface area (Å²) in [5, 5.41) is 3.84. The van der Waals surface area contributed by atoms with Gasteiger partial charge < -0.3 is 43.5 Å². The molecular formula is C38H37Cl2IN6O3. The largest absolute Gasteiger partial charge is 1.00 e. The van der Waals surface area contributed by atoms with Gasteiger partial charge in [-0.1, -0.05) is 84.7 Å². The predicted molar refractivity (Wildman–Crippen MR) is 195 cm³/mol. The van der Waals surface area contributed by atoms with Gasteiger partial charge in [-0.2, -0.15) is 4.57 Å². The number of aromatic nitrogens is 1. The molecule has 0 spiro atoms. The van der Waals surface area contributed by atoms with Crippen LogP contribution >= 0.6 is 23.2 Å². The number of oxazole rings is 1. The maximum atomic E-state index is 12.8. The normalized spacial score (nSPS) is 13.8. The zero-order valence-electron chi connectivity index (χ0n) is 27.8. The molecule has 1 aliphatic rings. The number of anilines is 2. The topological polar surface area (TPSA) is 93.7 Å². The van der Waals surface area contributed by atoms with Crippen LogP contribution < -0.4 is 54.5 Å². The Morgan fingerprint density at radius 2 is 1.46 bits per heavy atom. The second-order valence-electron chi connectivity index (χ2n) is 11.7. The second-order valence-corrected chi connectivity index (χ2v) is 12.5. The summed E-state index contributed by atoms with van der Waals surface area (Å²) in [6.07, 6.45) is 6.57. The Morgan fingerprint density at radius 1 is 0.860 bits per heavy atom. The third-order valence-electron chi connectivity index (χ3n) is 8.52. The highest BCUT2D eigenvalue weighted by molar-refractivity contribution is 6.42. The number of nitrogens with one attached hydrogen (secondary N) is 3. The third kappa shape index (κ3) is 7.99. The minimum atomic E-state index is -0.405. The van der Waals surface area contributed by atoms with Crippen LogP contribution in [0.2, 0.25) is 10.0 Å². The molecule has 12 heteroatoms. The van der Waals surface area contributed by atoms with Gasteiger partial charge in [0.25, 0.3) is 17.3 Å². The number of hydrogen-bond acceptors (Lipinski definition) is 6. The molecule has 3 N–H and O–H groups in total. The number of hydrazine groups is 1. The Labute approximate surface area is 318 Å². The van der Waals surface area contributed by atoms with Gasteiger partial charge in [0.2, 0.25) is 5.58 Å². The van der Waals surface area contributed by atoms with Crippen LogP contribution in [-0.4, -0.2) is 24.9 Å². The summed E-state index contributed by atoms with van der Waals surface area (Å²) < 4.78 is 8.12. The maximum Gasteiger partial charge on any atom is 0.373 e. The molecule has 2 heterocycles. The number of likely N-dealkylation sites (N-methyl/N-ethyl adjacent to an activating group) is 1. The maximum absolute atomic E-state index is 12.8. The smallest absolute Gasteiger partial charge is 0.373 e. The standard InChI is InChI=1S/C38H36Cl2N6O3.HI/c1-4-30(41-2)38(48)43-42-37(47)27-19-17-26(18-20-27)24-46-33-22-29(40)28(39)21-32(33)45(23-25-11-6-5-7-12-25)35(46)15-10-16-36-44(3)31-13-8-9-14-34(31)49-36;/h5-22,30,41H,4,23-24H2,1-3H3,(H-,42,43,47,48);1H. The van der Waals surface area contributed by atoms with E-state index in [9.17, 15) is 9.59 Å². The molecule has 9 nitrogen and oxygen atoms in total. The molecule has 2 amide bonds. The Morgan fingerprint density at radius 3 is 2.06 bits per heavy atom. The molecule has 0 aliphatic carbocycles. The average Bonchev–Trinajstić information content (AvgIpc) is 3.57. The summed E-state index contributed by atoms with van der Waals surface area (Å²) >= 11 is 13.2. The molecule has 1 atom stereocenters. The molecule has 5 aromatic rings. The number of aryl methyl sites for hydroxylation is 1. The lowest BCUT2D eigenvalue weighted by Gasteiger charge is -2.26. The quantitative estimate of drug-likeness (QED) is 0.113. The lowest BCUT2D eigenvalue weighted by atomic mass is 10.1. The van der Waals surface area contributed by atoms with Crippen molar-refractivity contribution in [3.05, 3.63) is 142 Å². The highest BCUT2D eigenvalue weighted by atomic mass is 127. The second kappa shape index (κ2) is 16.6. The fourth-order valence-electron chi connectivity index (χ4n) is 5.85. The molecule has 50 heavy (non-hydrogen) atoms. The van der Waals surface area contributed by atoms with Crippen molar-refractivity contribution in [2.24, 2.45) is 7.05 Å². The van der Waals surface area contributed by atoms with Gasteiger partial charge in [0.05, 0.1) is 33.5 Å². The molecule has 0 saturated heterocycles. The van der Waals surface area contributed by atoms with E-state index in [2.05, 4.69) is 44.2 Å². The summed E-state index contributed by atoms with van der Waals surface area (Å²) in [6.45, 7) is 2.96. The van der Waals surface area contributed by atoms with Gasteiger partial charge in [0.15, 0.2) is 0 Å². The molecule has 1 aromatic heterocycles. The Hall–Kier alpha value is -4.36. The zero-order chi connectivity index (χ0) is 34.5. The lowest BCUT2D eigenvalue weighted by molar-refractivity contribution is -0.652. The van der Waals surface area contributed by atoms with Crippen molar-refractivity contribution in [2.75, 3.05) is 16.8 Å². The molecule has 0 radical (unpaired) electrons. The molecule has 4 aromatic carbocycles. The molecule has 1 aliphatic heterocycles. The van der Waals surface area contributed by atoms with Crippen molar-refractivity contribution in [3.63, 3.8) is 0 Å². The number of fused-ring (bicyclic) bond motifs is 2. The molecule has 1 unspecified atom stereocenters. The molecular weight excluding hydrogens is 786 g/mol. The first-order valence-corrected chi connectivity index (χ1v) is 16.7. The van der Waals surface area contributed by atoms with Crippen molar-refractivity contribution in [1.29, 1.82) is 0 Å². The van der Waals surface area contributed by atoms with Crippen LogP contribution in [0.3, 0.4) is 0 Å². The molecule has 0 saturated carbocycles. The SMILES string of the molecule is CCC(NC)C(=O)NNC(=O)c1ccc(CN2C(=CC=Cc3oc4ccccc4[n+]3C)N(Cc3ccccc3)c3cc(Cl)c(Cl)cc32)cc1.[I-]. The van der Waals surface area contributed by atoms with Crippen LogP contribution in [0.15, 0.2) is 113 Å². The van der Waals surface area contributed by atoms with Crippen molar-refractivity contribution in [2.45, 2.75) is 32.5 Å². The van der Waals surface area contributed by atoms with Crippen LogP contribution in [-0.2, 0) is 24.9 Å².